The number of nitro groups is 1. The first-order valence-electron chi connectivity index (χ1n) is 8.57. The molecule has 0 saturated heterocycles. The highest BCUT2D eigenvalue weighted by Crippen LogP contribution is 2.16. The Kier molecular flexibility index (Phi) is 4.36. The lowest BCUT2D eigenvalue weighted by atomic mass is 10.3. The molecular weight excluding hydrogens is 364 g/mol. The Morgan fingerprint density at radius 1 is 1.07 bits per heavy atom. The van der Waals surface area contributed by atoms with Crippen molar-refractivity contribution in [3.63, 3.8) is 0 Å². The number of benzene rings is 2. The first-order valence-corrected chi connectivity index (χ1v) is 8.57. The van der Waals surface area contributed by atoms with Crippen LogP contribution in [-0.2, 0) is 13.1 Å². The number of carbonyl (C=O) groups excluding carboxylic acids is 1. The molecule has 3 aromatic rings. The molecule has 0 unspecified atom stereocenters. The predicted octanol–water partition coefficient (Wildman–Crippen LogP) is 1.99. The van der Waals surface area contributed by atoms with E-state index in [4.69, 9.17) is 0 Å². The third-order valence-electron chi connectivity index (χ3n) is 4.48. The SMILES string of the molecule is O=C(Nc1ccccc1)N1CCn2c(nn(-c3ccc([N+](=O)[O-])cc3)c2=O)C1. The van der Waals surface area contributed by atoms with Gasteiger partial charge in [-0.1, -0.05) is 18.2 Å². The zero-order valence-electron chi connectivity index (χ0n) is 14.7. The lowest BCUT2D eigenvalue weighted by Crippen LogP contribution is -2.42. The molecule has 0 fully saturated rings. The second kappa shape index (κ2) is 6.99. The number of nitrogens with one attached hydrogen (secondary N) is 1. The van der Waals surface area contributed by atoms with Crippen LogP contribution < -0.4 is 11.0 Å². The third kappa shape index (κ3) is 3.22. The van der Waals surface area contributed by atoms with Crippen LogP contribution in [-0.4, -0.2) is 36.7 Å². The molecule has 0 aliphatic carbocycles. The van der Waals surface area contributed by atoms with Gasteiger partial charge in [0.25, 0.3) is 5.69 Å². The summed E-state index contributed by atoms with van der Waals surface area (Å²) >= 11 is 0. The van der Waals surface area contributed by atoms with E-state index in [1.165, 1.54) is 33.5 Å². The summed E-state index contributed by atoms with van der Waals surface area (Å²) in [5.74, 6) is 0.456. The summed E-state index contributed by atoms with van der Waals surface area (Å²) in [6.45, 7) is 0.884. The summed E-state index contributed by atoms with van der Waals surface area (Å²) < 4.78 is 2.70. The van der Waals surface area contributed by atoms with Gasteiger partial charge in [0.05, 0.1) is 17.2 Å². The lowest BCUT2D eigenvalue weighted by Gasteiger charge is -2.26. The highest BCUT2D eigenvalue weighted by molar-refractivity contribution is 5.89. The van der Waals surface area contributed by atoms with Crippen molar-refractivity contribution >= 4 is 17.4 Å². The number of rotatable bonds is 3. The van der Waals surface area contributed by atoms with Crippen molar-refractivity contribution < 1.29 is 9.72 Å². The normalized spacial score (nSPS) is 13.1. The van der Waals surface area contributed by atoms with Crippen molar-refractivity contribution in [3.05, 3.63) is 81.0 Å². The second-order valence-corrected chi connectivity index (χ2v) is 6.25. The van der Waals surface area contributed by atoms with Crippen LogP contribution >= 0.6 is 0 Å². The number of carbonyl (C=O) groups is 1. The van der Waals surface area contributed by atoms with Crippen molar-refractivity contribution in [1.82, 2.24) is 19.2 Å². The Morgan fingerprint density at radius 2 is 1.79 bits per heavy atom. The fourth-order valence-corrected chi connectivity index (χ4v) is 3.03. The Hall–Kier alpha value is -3.95. The average molecular weight is 380 g/mol. The molecule has 1 aromatic heterocycles. The largest absolute Gasteiger partial charge is 0.350 e. The van der Waals surface area contributed by atoms with Gasteiger partial charge in [-0.05, 0) is 24.3 Å². The van der Waals surface area contributed by atoms with E-state index in [0.29, 0.717) is 30.3 Å². The van der Waals surface area contributed by atoms with Crippen LogP contribution in [0.4, 0.5) is 16.2 Å². The quantitative estimate of drug-likeness (QED) is 0.551. The maximum Gasteiger partial charge on any atom is 0.350 e. The van der Waals surface area contributed by atoms with E-state index < -0.39 is 4.92 Å². The van der Waals surface area contributed by atoms with Gasteiger partial charge < -0.3 is 10.2 Å². The zero-order valence-corrected chi connectivity index (χ0v) is 14.7. The number of nitro benzene ring substituents is 1. The van der Waals surface area contributed by atoms with Gasteiger partial charge in [-0.3, -0.25) is 14.7 Å². The van der Waals surface area contributed by atoms with Gasteiger partial charge >= 0.3 is 11.7 Å². The zero-order chi connectivity index (χ0) is 19.7. The van der Waals surface area contributed by atoms with E-state index in [-0.39, 0.29) is 24.0 Å². The topological polar surface area (TPSA) is 115 Å². The molecule has 2 heterocycles. The van der Waals surface area contributed by atoms with E-state index in [9.17, 15) is 19.7 Å². The number of para-hydroxylation sites is 1. The highest BCUT2D eigenvalue weighted by atomic mass is 16.6. The van der Waals surface area contributed by atoms with Crippen molar-refractivity contribution in [1.29, 1.82) is 0 Å². The first kappa shape index (κ1) is 17.5. The molecule has 1 N–H and O–H groups in total. The Balaban J connectivity index is 1.55. The summed E-state index contributed by atoms with van der Waals surface area (Å²) in [5, 5.41) is 17.9. The molecule has 1 aliphatic heterocycles. The van der Waals surface area contributed by atoms with E-state index in [2.05, 4.69) is 10.4 Å². The minimum absolute atomic E-state index is 0.0653. The van der Waals surface area contributed by atoms with Crippen molar-refractivity contribution in [3.8, 4) is 5.69 Å². The smallest absolute Gasteiger partial charge is 0.315 e. The number of amides is 2. The number of urea groups is 1. The fraction of sp³-hybridized carbons (Fsp3) is 0.167. The standard InChI is InChI=1S/C18H16N6O4/c25-17(19-13-4-2-1-3-5-13)21-10-11-22-16(12-21)20-23(18(22)26)14-6-8-15(9-7-14)24(27)28/h1-9H,10-12H2,(H,19,25). The fourth-order valence-electron chi connectivity index (χ4n) is 3.03. The summed E-state index contributed by atoms with van der Waals surface area (Å²) in [5.41, 5.74) is 0.709. The molecule has 0 atom stereocenters. The van der Waals surface area contributed by atoms with Gasteiger partial charge in [-0.25, -0.2) is 9.59 Å². The number of anilines is 1. The van der Waals surface area contributed by atoms with Gasteiger partial charge in [0.15, 0.2) is 5.82 Å². The second-order valence-electron chi connectivity index (χ2n) is 6.25. The molecule has 0 spiro atoms. The molecule has 4 rings (SSSR count). The van der Waals surface area contributed by atoms with Crippen LogP contribution in [0.25, 0.3) is 5.69 Å². The third-order valence-corrected chi connectivity index (χ3v) is 4.48. The van der Waals surface area contributed by atoms with E-state index >= 15 is 0 Å². The molecule has 2 amide bonds. The summed E-state index contributed by atoms with van der Waals surface area (Å²) in [4.78, 5) is 36.9. The van der Waals surface area contributed by atoms with Gasteiger partial charge in [0, 0.05) is 30.9 Å². The monoisotopic (exact) mass is 380 g/mol. The van der Waals surface area contributed by atoms with Crippen molar-refractivity contribution in [2.24, 2.45) is 0 Å². The molecule has 0 saturated carbocycles. The number of non-ortho nitro benzene ring substituents is 1. The molecule has 28 heavy (non-hydrogen) atoms. The van der Waals surface area contributed by atoms with Crippen LogP contribution in [0.15, 0.2) is 59.4 Å². The van der Waals surface area contributed by atoms with Crippen LogP contribution in [0.2, 0.25) is 0 Å². The lowest BCUT2D eigenvalue weighted by molar-refractivity contribution is -0.384. The molecule has 2 aromatic carbocycles. The molecule has 10 heteroatoms. The Morgan fingerprint density at radius 3 is 2.46 bits per heavy atom. The van der Waals surface area contributed by atoms with Crippen LogP contribution in [0.3, 0.4) is 0 Å². The minimum Gasteiger partial charge on any atom is -0.315 e. The summed E-state index contributed by atoms with van der Waals surface area (Å²) in [6.07, 6.45) is 0. The number of nitrogens with zero attached hydrogens (tertiary/aromatic N) is 5. The Labute approximate surface area is 158 Å². The predicted molar refractivity (Wildman–Crippen MR) is 100 cm³/mol. The van der Waals surface area contributed by atoms with Crippen LogP contribution in [0, 0.1) is 10.1 Å². The number of hydrogen-bond acceptors (Lipinski definition) is 5. The number of aromatic nitrogens is 3. The Bertz CT molecular complexity index is 1090. The molecule has 1 aliphatic rings. The maximum atomic E-state index is 12.6. The molecule has 10 nitrogen and oxygen atoms in total. The molecule has 0 radical (unpaired) electrons. The molecule has 0 bridgehead atoms. The van der Waals surface area contributed by atoms with Crippen molar-refractivity contribution in [2.45, 2.75) is 13.1 Å². The highest BCUT2D eigenvalue weighted by Gasteiger charge is 2.25. The summed E-state index contributed by atoms with van der Waals surface area (Å²) in [7, 11) is 0. The van der Waals surface area contributed by atoms with Crippen LogP contribution in [0.5, 0.6) is 0 Å². The number of fused-ring (bicyclic) bond motifs is 1. The molecular formula is C18H16N6O4. The van der Waals surface area contributed by atoms with Gasteiger partial charge in [-0.2, -0.15) is 4.68 Å². The molecule has 142 valence electrons. The average Bonchev–Trinajstić information content (AvgIpc) is 3.05. The maximum absolute atomic E-state index is 12.6. The first-order chi connectivity index (χ1) is 13.5. The van der Waals surface area contributed by atoms with Crippen LogP contribution in [0.1, 0.15) is 5.82 Å². The van der Waals surface area contributed by atoms with E-state index in [1.54, 1.807) is 17.0 Å². The minimum atomic E-state index is -0.506. The van der Waals surface area contributed by atoms with Gasteiger partial charge in [0.2, 0.25) is 0 Å². The van der Waals surface area contributed by atoms with Crippen molar-refractivity contribution in [2.75, 3.05) is 11.9 Å². The van der Waals surface area contributed by atoms with Gasteiger partial charge in [0.1, 0.15) is 0 Å². The van der Waals surface area contributed by atoms with E-state index in [1.807, 2.05) is 18.2 Å². The van der Waals surface area contributed by atoms with E-state index in [0.717, 1.165) is 0 Å². The summed E-state index contributed by atoms with van der Waals surface area (Å²) in [6, 6.07) is 14.4. The van der Waals surface area contributed by atoms with Gasteiger partial charge in [-0.15, -0.1) is 5.10 Å². The number of hydrogen-bond donors (Lipinski definition) is 1.